The van der Waals surface area contributed by atoms with Crippen molar-refractivity contribution >= 4 is 51.5 Å². The summed E-state index contributed by atoms with van der Waals surface area (Å²) < 4.78 is 0. The van der Waals surface area contributed by atoms with E-state index < -0.39 is 11.7 Å². The van der Waals surface area contributed by atoms with Crippen molar-refractivity contribution in [2.75, 3.05) is 5.32 Å². The molecule has 0 aliphatic heterocycles. The largest absolute Gasteiger partial charge is 0.506 e. The number of H-pyrrole nitrogens is 1. The molecular formula is C15H9Cl2N3O3. The van der Waals surface area contributed by atoms with Gasteiger partial charge in [-0.3, -0.25) is 14.6 Å². The van der Waals surface area contributed by atoms with Crippen LogP contribution in [0.1, 0.15) is 10.4 Å². The Morgan fingerprint density at radius 2 is 1.87 bits per heavy atom. The molecule has 3 N–H and O–H groups in total. The number of Topliss-reactive ketones (excluding diaryl/α,β-unsaturated/α-hetero) is 1. The number of fused-ring (bicyclic) bond motifs is 1. The van der Waals surface area contributed by atoms with Gasteiger partial charge in [-0.2, -0.15) is 0 Å². The molecule has 0 fully saturated rings. The summed E-state index contributed by atoms with van der Waals surface area (Å²) in [5.74, 6) is -1.70. The minimum Gasteiger partial charge on any atom is -0.506 e. The summed E-state index contributed by atoms with van der Waals surface area (Å²) >= 11 is 11.8. The Morgan fingerprint density at radius 3 is 2.57 bits per heavy atom. The molecule has 0 saturated heterocycles. The van der Waals surface area contributed by atoms with Crippen LogP contribution in [0, 0.1) is 0 Å². The highest BCUT2D eigenvalue weighted by atomic mass is 35.5. The van der Waals surface area contributed by atoms with Gasteiger partial charge in [0.1, 0.15) is 5.75 Å². The third-order valence-corrected chi connectivity index (χ3v) is 3.81. The minimum atomic E-state index is -0.899. The highest BCUT2D eigenvalue weighted by molar-refractivity contribution is 6.50. The minimum absolute atomic E-state index is 0.0119. The molecule has 1 aromatic carbocycles. The zero-order valence-electron chi connectivity index (χ0n) is 11.4. The number of aromatic nitrogens is 2. The number of halogens is 2. The van der Waals surface area contributed by atoms with Crippen molar-refractivity contribution < 1.29 is 14.7 Å². The second-order valence-corrected chi connectivity index (χ2v) is 5.48. The van der Waals surface area contributed by atoms with Crippen molar-refractivity contribution in [1.82, 2.24) is 9.97 Å². The number of rotatable bonds is 3. The molecule has 0 atom stereocenters. The maximum atomic E-state index is 12.3. The number of hydrogen-bond acceptors (Lipinski definition) is 4. The first-order valence-electron chi connectivity index (χ1n) is 6.42. The molecule has 2 heterocycles. The lowest BCUT2D eigenvalue weighted by Gasteiger charge is -2.07. The van der Waals surface area contributed by atoms with Gasteiger partial charge in [-0.1, -0.05) is 35.3 Å². The van der Waals surface area contributed by atoms with Crippen molar-refractivity contribution in [3.05, 3.63) is 52.4 Å². The number of nitrogens with zero attached hydrogens (tertiary/aromatic N) is 1. The van der Waals surface area contributed by atoms with Gasteiger partial charge in [0.15, 0.2) is 0 Å². The number of ketones is 1. The molecule has 0 aliphatic carbocycles. The molecule has 0 saturated carbocycles. The number of phenolic OH excluding ortho intramolecular Hbond substituents is 1. The fourth-order valence-electron chi connectivity index (χ4n) is 2.15. The zero-order chi connectivity index (χ0) is 16.6. The number of amides is 1. The zero-order valence-corrected chi connectivity index (χ0v) is 12.9. The van der Waals surface area contributed by atoms with Crippen LogP contribution in [0.2, 0.25) is 10.0 Å². The summed E-state index contributed by atoms with van der Waals surface area (Å²) in [7, 11) is 0. The molecule has 3 aromatic rings. The van der Waals surface area contributed by atoms with Crippen LogP contribution in [-0.4, -0.2) is 26.8 Å². The Kier molecular flexibility index (Phi) is 3.94. The van der Waals surface area contributed by atoms with Gasteiger partial charge in [-0.25, -0.2) is 0 Å². The lowest BCUT2D eigenvalue weighted by molar-refractivity contribution is -0.112. The summed E-state index contributed by atoms with van der Waals surface area (Å²) in [4.78, 5) is 31.0. The highest BCUT2D eigenvalue weighted by Crippen LogP contribution is 2.30. The lowest BCUT2D eigenvalue weighted by atomic mass is 10.1. The Morgan fingerprint density at radius 1 is 1.17 bits per heavy atom. The van der Waals surface area contributed by atoms with Gasteiger partial charge in [0, 0.05) is 24.0 Å². The number of carbonyl (C=O) groups excluding carboxylic acids is 2. The first-order valence-corrected chi connectivity index (χ1v) is 7.18. The molecule has 0 spiro atoms. The number of phenols is 1. The van der Waals surface area contributed by atoms with Crippen molar-refractivity contribution in [2.24, 2.45) is 0 Å². The highest BCUT2D eigenvalue weighted by Gasteiger charge is 2.22. The van der Waals surface area contributed by atoms with Crippen molar-refractivity contribution in [3.63, 3.8) is 0 Å². The van der Waals surface area contributed by atoms with Crippen LogP contribution in [-0.2, 0) is 4.79 Å². The molecule has 116 valence electrons. The average Bonchev–Trinajstić information content (AvgIpc) is 2.95. The van der Waals surface area contributed by atoms with E-state index in [0.717, 1.165) is 0 Å². The van der Waals surface area contributed by atoms with Gasteiger partial charge >= 0.3 is 0 Å². The van der Waals surface area contributed by atoms with Gasteiger partial charge < -0.3 is 15.4 Å². The van der Waals surface area contributed by atoms with Crippen LogP contribution in [0.25, 0.3) is 10.9 Å². The molecule has 6 nitrogen and oxygen atoms in total. The van der Waals surface area contributed by atoms with Crippen molar-refractivity contribution in [3.8, 4) is 5.75 Å². The fraction of sp³-hybridized carbons (Fsp3) is 0. The van der Waals surface area contributed by atoms with Gasteiger partial charge in [0.25, 0.3) is 11.7 Å². The van der Waals surface area contributed by atoms with Crippen molar-refractivity contribution in [2.45, 2.75) is 0 Å². The Balaban J connectivity index is 1.93. The van der Waals surface area contributed by atoms with E-state index in [1.54, 1.807) is 12.1 Å². The smallest absolute Gasteiger partial charge is 0.296 e. The number of aromatic amines is 1. The normalized spacial score (nSPS) is 10.7. The third-order valence-electron chi connectivity index (χ3n) is 3.24. The standard InChI is InChI=1S/C15H9Cl2N3O3/c16-9-5-18-6-10(17)13(9)20-15(23)14(22)8-4-19-12-7(8)2-1-3-11(12)21/h1-6,19,21H,(H,18,20,23). The van der Waals surface area contributed by atoms with Crippen LogP contribution in [0.15, 0.2) is 36.8 Å². The van der Waals surface area contributed by atoms with E-state index in [2.05, 4.69) is 15.3 Å². The number of carbonyl (C=O) groups is 2. The lowest BCUT2D eigenvalue weighted by Crippen LogP contribution is -2.23. The molecule has 0 radical (unpaired) electrons. The molecule has 0 aliphatic rings. The summed E-state index contributed by atoms with van der Waals surface area (Å²) in [6.07, 6.45) is 3.97. The van der Waals surface area contributed by atoms with Gasteiger partial charge in [0.2, 0.25) is 0 Å². The van der Waals surface area contributed by atoms with Crippen LogP contribution < -0.4 is 5.32 Å². The van der Waals surface area contributed by atoms with Crippen molar-refractivity contribution in [1.29, 1.82) is 0 Å². The number of pyridine rings is 1. The average molecular weight is 350 g/mol. The van der Waals surface area contributed by atoms with E-state index in [1.165, 1.54) is 24.7 Å². The predicted molar refractivity (Wildman–Crippen MR) is 87.2 cm³/mol. The monoisotopic (exact) mass is 349 g/mol. The Bertz CT molecular complexity index is 917. The SMILES string of the molecule is O=C(Nc1c(Cl)cncc1Cl)C(=O)c1c[nH]c2c(O)cccc12. The molecule has 2 aromatic heterocycles. The second kappa shape index (κ2) is 5.91. The van der Waals surface area contributed by atoms with E-state index in [0.29, 0.717) is 10.9 Å². The topological polar surface area (TPSA) is 95.1 Å². The number of para-hydroxylation sites is 1. The molecule has 0 bridgehead atoms. The quantitative estimate of drug-likeness (QED) is 0.498. The van der Waals surface area contributed by atoms with Crippen LogP contribution >= 0.6 is 23.2 Å². The first kappa shape index (κ1) is 15.3. The van der Waals surface area contributed by atoms with E-state index in [9.17, 15) is 14.7 Å². The molecule has 23 heavy (non-hydrogen) atoms. The molecule has 8 heteroatoms. The maximum Gasteiger partial charge on any atom is 0.296 e. The molecule has 3 rings (SSSR count). The number of anilines is 1. The van der Waals surface area contributed by atoms with Gasteiger partial charge in [-0.15, -0.1) is 0 Å². The van der Waals surface area contributed by atoms with Gasteiger partial charge in [-0.05, 0) is 6.07 Å². The van der Waals surface area contributed by atoms with E-state index >= 15 is 0 Å². The summed E-state index contributed by atoms with van der Waals surface area (Å²) in [6, 6.07) is 4.68. The number of benzene rings is 1. The first-order chi connectivity index (χ1) is 11.0. The maximum absolute atomic E-state index is 12.3. The van der Waals surface area contributed by atoms with E-state index in [1.807, 2.05) is 0 Å². The molecular weight excluding hydrogens is 341 g/mol. The summed E-state index contributed by atoms with van der Waals surface area (Å²) in [6.45, 7) is 0. The molecule has 0 unspecified atom stereocenters. The predicted octanol–water partition coefficient (Wildman–Crippen LogP) is 3.40. The van der Waals surface area contributed by atoms with Gasteiger partial charge in [0.05, 0.1) is 26.8 Å². The number of nitrogens with one attached hydrogen (secondary N) is 2. The van der Waals surface area contributed by atoms with Crippen LogP contribution in [0.3, 0.4) is 0 Å². The summed E-state index contributed by atoms with van der Waals surface area (Å²) in [5.41, 5.74) is 0.627. The van der Waals surface area contributed by atoms with Crippen LogP contribution in [0.5, 0.6) is 5.75 Å². The fourth-order valence-corrected chi connectivity index (χ4v) is 2.61. The number of aromatic hydroxyl groups is 1. The Labute approximate surface area is 140 Å². The number of hydrogen-bond donors (Lipinski definition) is 3. The second-order valence-electron chi connectivity index (χ2n) is 4.66. The van der Waals surface area contributed by atoms with E-state index in [4.69, 9.17) is 23.2 Å². The van der Waals surface area contributed by atoms with Crippen LogP contribution in [0.4, 0.5) is 5.69 Å². The third kappa shape index (κ3) is 2.74. The Hall–Kier alpha value is -2.57. The summed E-state index contributed by atoms with van der Waals surface area (Å²) in [5, 5.41) is 12.8. The molecule has 1 amide bonds. The van der Waals surface area contributed by atoms with E-state index in [-0.39, 0.29) is 27.0 Å².